The molecule has 0 heterocycles. The average molecular weight is 867 g/mol. The molecule has 0 radical (unpaired) electrons. The SMILES string of the molecule is CCCCC/C=C\C/C=C\C/C=C\CCCCCCC(=O)OC[C@@H](COC(=O)CCCCCCC/C=C\CCCCCC)OC(=O)CCCCCCC/C=C\CCCCCCC. The summed E-state index contributed by atoms with van der Waals surface area (Å²) in [6.45, 7) is 6.56. The van der Waals surface area contributed by atoms with Gasteiger partial charge in [0.1, 0.15) is 13.2 Å². The van der Waals surface area contributed by atoms with E-state index in [1.807, 2.05) is 0 Å². The average Bonchev–Trinajstić information content (AvgIpc) is 3.27. The number of esters is 3. The number of rotatable bonds is 47. The molecule has 0 spiro atoms. The molecule has 0 amide bonds. The Balaban J connectivity index is 4.43. The first-order chi connectivity index (χ1) is 30.5. The first kappa shape index (κ1) is 59.1. The molecule has 358 valence electrons. The van der Waals surface area contributed by atoms with Gasteiger partial charge in [0.15, 0.2) is 6.10 Å². The zero-order valence-corrected chi connectivity index (χ0v) is 40.9. The fourth-order valence-electron chi connectivity index (χ4n) is 7.20. The Bertz CT molecular complexity index is 1130. The lowest BCUT2D eigenvalue weighted by molar-refractivity contribution is -0.167. The van der Waals surface area contributed by atoms with Crippen LogP contribution in [0.25, 0.3) is 0 Å². The maximum atomic E-state index is 12.8. The third-order valence-electron chi connectivity index (χ3n) is 11.2. The van der Waals surface area contributed by atoms with Crippen molar-refractivity contribution in [2.45, 2.75) is 264 Å². The van der Waals surface area contributed by atoms with Gasteiger partial charge in [-0.3, -0.25) is 14.4 Å². The highest BCUT2D eigenvalue weighted by Crippen LogP contribution is 2.14. The van der Waals surface area contributed by atoms with E-state index in [0.717, 1.165) is 103 Å². The summed E-state index contributed by atoms with van der Waals surface area (Å²) in [4.78, 5) is 38.0. The highest BCUT2D eigenvalue weighted by molar-refractivity contribution is 5.71. The van der Waals surface area contributed by atoms with Crippen LogP contribution in [0.4, 0.5) is 0 Å². The third kappa shape index (κ3) is 48.1. The van der Waals surface area contributed by atoms with E-state index < -0.39 is 6.10 Å². The summed E-state index contributed by atoms with van der Waals surface area (Å²) < 4.78 is 16.8. The largest absolute Gasteiger partial charge is 0.462 e. The standard InChI is InChI=1S/C56H98O6/c1-4-7-10-13-16-19-22-25-27-28-29-32-34-37-40-43-46-49-55(58)61-52-53(51-60-54(57)48-45-42-39-36-33-30-24-21-18-15-12-9-6-3)62-56(59)50-47-44-41-38-35-31-26-23-20-17-14-11-8-5-2/h16,19,21,23-27,29,32,53H,4-15,17-18,20,22,28,30-31,33-52H2,1-3H3/b19-16-,24-21-,26-23-,27-25-,32-29-/t53-/m1/s1. The van der Waals surface area contributed by atoms with Gasteiger partial charge in [0.05, 0.1) is 0 Å². The van der Waals surface area contributed by atoms with Crippen LogP contribution in [0.5, 0.6) is 0 Å². The molecule has 6 heteroatoms. The summed E-state index contributed by atoms with van der Waals surface area (Å²) in [5, 5.41) is 0. The minimum absolute atomic E-state index is 0.0889. The Hall–Kier alpha value is -2.89. The summed E-state index contributed by atoms with van der Waals surface area (Å²) >= 11 is 0. The van der Waals surface area contributed by atoms with E-state index in [1.54, 1.807) is 0 Å². The zero-order valence-electron chi connectivity index (χ0n) is 40.9. The van der Waals surface area contributed by atoms with E-state index in [4.69, 9.17) is 14.2 Å². The van der Waals surface area contributed by atoms with Gasteiger partial charge in [0.25, 0.3) is 0 Å². The lowest BCUT2D eigenvalue weighted by Gasteiger charge is -2.18. The second kappa shape index (κ2) is 50.8. The predicted molar refractivity (Wildman–Crippen MR) is 265 cm³/mol. The van der Waals surface area contributed by atoms with Crippen molar-refractivity contribution < 1.29 is 28.6 Å². The molecule has 1 atom stereocenters. The summed E-state index contributed by atoms with van der Waals surface area (Å²) in [6, 6.07) is 0. The minimum atomic E-state index is -0.790. The minimum Gasteiger partial charge on any atom is -0.462 e. The van der Waals surface area contributed by atoms with Crippen LogP contribution in [0, 0.1) is 0 Å². The monoisotopic (exact) mass is 867 g/mol. The normalized spacial score (nSPS) is 12.5. The molecule has 0 aromatic rings. The molecule has 0 saturated carbocycles. The number of carbonyl (C=O) groups excluding carboxylic acids is 3. The van der Waals surface area contributed by atoms with Gasteiger partial charge < -0.3 is 14.2 Å². The molecule has 0 unspecified atom stereocenters. The third-order valence-corrected chi connectivity index (χ3v) is 11.2. The van der Waals surface area contributed by atoms with Crippen LogP contribution < -0.4 is 0 Å². The number of hydrogen-bond acceptors (Lipinski definition) is 6. The predicted octanol–water partition coefficient (Wildman–Crippen LogP) is 17.3. The molecule has 62 heavy (non-hydrogen) atoms. The molecule has 0 fully saturated rings. The van der Waals surface area contributed by atoms with Crippen molar-refractivity contribution in [2.24, 2.45) is 0 Å². The molecule has 0 aliphatic rings. The van der Waals surface area contributed by atoms with Gasteiger partial charge in [-0.25, -0.2) is 0 Å². The van der Waals surface area contributed by atoms with Crippen LogP contribution in [0.3, 0.4) is 0 Å². The quantitative estimate of drug-likeness (QED) is 0.0262. The van der Waals surface area contributed by atoms with E-state index in [-0.39, 0.29) is 31.1 Å². The van der Waals surface area contributed by atoms with Gasteiger partial charge in [-0.05, 0) is 109 Å². The number of ether oxygens (including phenoxy) is 3. The lowest BCUT2D eigenvalue weighted by Crippen LogP contribution is -2.30. The molecule has 0 rings (SSSR count). The molecular formula is C56H98O6. The molecule has 0 saturated heterocycles. The smallest absolute Gasteiger partial charge is 0.306 e. The fourth-order valence-corrected chi connectivity index (χ4v) is 7.20. The topological polar surface area (TPSA) is 78.9 Å². The van der Waals surface area contributed by atoms with Crippen molar-refractivity contribution in [3.63, 3.8) is 0 Å². The second-order valence-corrected chi connectivity index (χ2v) is 17.4. The van der Waals surface area contributed by atoms with E-state index >= 15 is 0 Å². The number of hydrogen-bond donors (Lipinski definition) is 0. The van der Waals surface area contributed by atoms with Gasteiger partial charge in [0.2, 0.25) is 0 Å². The summed E-state index contributed by atoms with van der Waals surface area (Å²) in [5.74, 6) is -0.924. The van der Waals surface area contributed by atoms with Crippen molar-refractivity contribution in [1.82, 2.24) is 0 Å². The molecule has 0 bridgehead atoms. The second-order valence-electron chi connectivity index (χ2n) is 17.4. The first-order valence-electron chi connectivity index (χ1n) is 26.3. The maximum Gasteiger partial charge on any atom is 0.306 e. The molecule has 0 aromatic heterocycles. The van der Waals surface area contributed by atoms with Crippen LogP contribution in [-0.4, -0.2) is 37.2 Å². The van der Waals surface area contributed by atoms with Gasteiger partial charge in [0, 0.05) is 19.3 Å². The first-order valence-corrected chi connectivity index (χ1v) is 26.3. The highest BCUT2D eigenvalue weighted by atomic mass is 16.6. The van der Waals surface area contributed by atoms with Crippen LogP contribution in [0.2, 0.25) is 0 Å². The lowest BCUT2D eigenvalue weighted by atomic mass is 10.1. The summed E-state index contributed by atoms with van der Waals surface area (Å²) in [5.41, 5.74) is 0. The Kier molecular flexibility index (Phi) is 48.4. The van der Waals surface area contributed by atoms with Crippen molar-refractivity contribution in [2.75, 3.05) is 13.2 Å². The molecule has 0 N–H and O–H groups in total. The number of carbonyl (C=O) groups is 3. The molecule has 0 aliphatic heterocycles. The number of unbranched alkanes of at least 4 members (excludes halogenated alkanes) is 26. The molecule has 0 aliphatic carbocycles. The molecular weight excluding hydrogens is 769 g/mol. The van der Waals surface area contributed by atoms with Gasteiger partial charge in [-0.2, -0.15) is 0 Å². The van der Waals surface area contributed by atoms with Gasteiger partial charge >= 0.3 is 17.9 Å². The summed E-state index contributed by atoms with van der Waals surface area (Å²) in [6.07, 6.45) is 62.0. The zero-order chi connectivity index (χ0) is 45.1. The van der Waals surface area contributed by atoms with Crippen molar-refractivity contribution in [3.8, 4) is 0 Å². The van der Waals surface area contributed by atoms with Gasteiger partial charge in [-0.15, -0.1) is 0 Å². The van der Waals surface area contributed by atoms with E-state index in [1.165, 1.54) is 116 Å². The van der Waals surface area contributed by atoms with Crippen molar-refractivity contribution >= 4 is 17.9 Å². The van der Waals surface area contributed by atoms with E-state index in [2.05, 4.69) is 81.5 Å². The van der Waals surface area contributed by atoms with Crippen molar-refractivity contribution in [1.29, 1.82) is 0 Å². The highest BCUT2D eigenvalue weighted by Gasteiger charge is 2.19. The van der Waals surface area contributed by atoms with Gasteiger partial charge in [-0.1, -0.05) is 191 Å². The molecule has 0 aromatic carbocycles. The summed E-state index contributed by atoms with van der Waals surface area (Å²) in [7, 11) is 0. The Morgan fingerprint density at radius 1 is 0.323 bits per heavy atom. The van der Waals surface area contributed by atoms with Crippen molar-refractivity contribution in [3.05, 3.63) is 60.8 Å². The van der Waals surface area contributed by atoms with Crippen LogP contribution in [0.1, 0.15) is 258 Å². The fraction of sp³-hybridized carbons (Fsp3) is 0.768. The number of allylic oxidation sites excluding steroid dienone is 10. The maximum absolute atomic E-state index is 12.8. The Labute approximate surface area is 383 Å². The Morgan fingerprint density at radius 3 is 0.968 bits per heavy atom. The van der Waals surface area contributed by atoms with Crippen LogP contribution >= 0.6 is 0 Å². The molecule has 6 nitrogen and oxygen atoms in total. The van der Waals surface area contributed by atoms with E-state index in [9.17, 15) is 14.4 Å². The Morgan fingerprint density at radius 2 is 0.581 bits per heavy atom. The van der Waals surface area contributed by atoms with E-state index in [0.29, 0.717) is 19.3 Å². The van der Waals surface area contributed by atoms with Crippen LogP contribution in [0.15, 0.2) is 60.8 Å². The van der Waals surface area contributed by atoms with Crippen LogP contribution in [-0.2, 0) is 28.6 Å².